The molecule has 0 spiro atoms. The quantitative estimate of drug-likeness (QED) is 0.540. The molecule has 0 aliphatic rings. The predicted molar refractivity (Wildman–Crippen MR) is 82.9 cm³/mol. The Balaban J connectivity index is 1.87. The molecule has 2 heterocycles. The lowest BCUT2D eigenvalue weighted by molar-refractivity contribution is -0.391. The highest BCUT2D eigenvalue weighted by Gasteiger charge is 2.17. The Bertz CT molecular complexity index is 910. The van der Waals surface area contributed by atoms with Gasteiger partial charge in [-0.3, -0.25) is 0 Å². The van der Waals surface area contributed by atoms with Crippen molar-refractivity contribution in [2.75, 3.05) is 11.9 Å². The molecule has 0 aliphatic carbocycles. The summed E-state index contributed by atoms with van der Waals surface area (Å²) in [4.78, 5) is 16.3. The van der Waals surface area contributed by atoms with E-state index < -0.39 is 4.92 Å². The number of anilines is 1. The van der Waals surface area contributed by atoms with Gasteiger partial charge in [-0.05, 0) is 28.7 Å². The van der Waals surface area contributed by atoms with Crippen molar-refractivity contribution >= 4 is 17.3 Å². The van der Waals surface area contributed by atoms with Crippen molar-refractivity contribution in [3.8, 4) is 6.07 Å². The van der Waals surface area contributed by atoms with Gasteiger partial charge in [0.25, 0.3) is 0 Å². The number of nitro groups is 1. The van der Waals surface area contributed by atoms with Crippen LogP contribution >= 0.6 is 0 Å². The monoisotopic (exact) mass is 308 g/mol. The number of aromatic nitrogens is 3. The van der Waals surface area contributed by atoms with Crippen LogP contribution in [0, 0.1) is 21.4 Å². The molecule has 0 saturated heterocycles. The van der Waals surface area contributed by atoms with Gasteiger partial charge in [0.2, 0.25) is 5.65 Å². The number of hydrogen-bond donors (Lipinski definition) is 0. The van der Waals surface area contributed by atoms with E-state index in [0.717, 1.165) is 5.56 Å². The van der Waals surface area contributed by atoms with Crippen molar-refractivity contribution in [2.24, 2.45) is 0 Å². The topological polar surface area (TPSA) is 100 Å². The molecule has 0 aliphatic heterocycles. The van der Waals surface area contributed by atoms with Crippen molar-refractivity contribution in [3.63, 3.8) is 0 Å². The Morgan fingerprint density at radius 1 is 1.30 bits per heavy atom. The average Bonchev–Trinajstić information content (AvgIpc) is 2.98. The maximum atomic E-state index is 11.0. The predicted octanol–water partition coefficient (Wildman–Crippen LogP) is 2.15. The van der Waals surface area contributed by atoms with Crippen molar-refractivity contribution in [3.05, 3.63) is 63.8 Å². The minimum Gasteiger partial charge on any atom is -0.358 e. The first-order chi connectivity index (χ1) is 11.1. The van der Waals surface area contributed by atoms with Crippen LogP contribution in [0.1, 0.15) is 11.1 Å². The van der Waals surface area contributed by atoms with Crippen LogP contribution in [0.2, 0.25) is 0 Å². The fraction of sp³-hybridized carbons (Fsp3) is 0.133. The zero-order valence-electron chi connectivity index (χ0n) is 12.2. The first-order valence-electron chi connectivity index (χ1n) is 6.78. The van der Waals surface area contributed by atoms with E-state index in [0.29, 0.717) is 23.6 Å². The van der Waals surface area contributed by atoms with Crippen LogP contribution in [0.25, 0.3) is 5.65 Å². The molecule has 3 rings (SSSR count). The number of benzene rings is 1. The van der Waals surface area contributed by atoms with E-state index in [1.54, 1.807) is 24.3 Å². The van der Waals surface area contributed by atoms with Crippen molar-refractivity contribution < 1.29 is 4.92 Å². The Morgan fingerprint density at radius 2 is 2.04 bits per heavy atom. The third-order valence-corrected chi connectivity index (χ3v) is 3.41. The lowest BCUT2D eigenvalue weighted by Gasteiger charge is -2.16. The highest BCUT2D eigenvalue weighted by atomic mass is 16.6. The molecule has 0 amide bonds. The SMILES string of the molecule is CN(Cc1ccc(C#N)cc1)c1ccc2ncc([N+](=O)[O-])n2n1. The largest absolute Gasteiger partial charge is 0.368 e. The van der Waals surface area contributed by atoms with Crippen LogP contribution in [0.4, 0.5) is 11.6 Å². The molecule has 114 valence electrons. The first-order valence-corrected chi connectivity index (χ1v) is 6.78. The fourth-order valence-electron chi connectivity index (χ4n) is 2.22. The summed E-state index contributed by atoms with van der Waals surface area (Å²) in [6.07, 6.45) is 1.19. The van der Waals surface area contributed by atoms with Gasteiger partial charge in [-0.15, -0.1) is 0 Å². The van der Waals surface area contributed by atoms with E-state index in [4.69, 9.17) is 5.26 Å². The molecular formula is C15H12N6O2. The molecule has 0 atom stereocenters. The van der Waals surface area contributed by atoms with E-state index in [9.17, 15) is 10.1 Å². The zero-order chi connectivity index (χ0) is 16.4. The van der Waals surface area contributed by atoms with Crippen LogP contribution in [0.5, 0.6) is 0 Å². The highest BCUT2D eigenvalue weighted by Crippen LogP contribution is 2.18. The second-order valence-corrected chi connectivity index (χ2v) is 5.00. The highest BCUT2D eigenvalue weighted by molar-refractivity contribution is 5.49. The molecule has 0 bridgehead atoms. The first kappa shape index (κ1) is 14.5. The van der Waals surface area contributed by atoms with E-state index >= 15 is 0 Å². The summed E-state index contributed by atoms with van der Waals surface area (Å²) in [5, 5.41) is 24.1. The Labute approximate surface area is 131 Å². The normalized spacial score (nSPS) is 10.4. The molecule has 8 heteroatoms. The standard InChI is InChI=1S/C15H12N6O2/c1-19(10-12-4-2-11(8-16)3-5-12)14-7-6-13-17-9-15(21(22)23)20(13)18-14/h2-7,9H,10H2,1H3. The Hall–Kier alpha value is -3.47. The average molecular weight is 308 g/mol. The molecule has 0 N–H and O–H groups in total. The minimum atomic E-state index is -0.516. The van der Waals surface area contributed by atoms with Gasteiger partial charge in [-0.25, -0.2) is 4.98 Å². The number of nitriles is 1. The summed E-state index contributed by atoms with van der Waals surface area (Å²) in [6, 6.07) is 12.8. The fourth-order valence-corrected chi connectivity index (χ4v) is 2.22. The Kier molecular flexibility index (Phi) is 3.60. The minimum absolute atomic E-state index is 0.173. The number of fused-ring (bicyclic) bond motifs is 1. The van der Waals surface area contributed by atoms with Gasteiger partial charge in [-0.2, -0.15) is 5.26 Å². The van der Waals surface area contributed by atoms with Gasteiger partial charge < -0.3 is 15.0 Å². The van der Waals surface area contributed by atoms with Gasteiger partial charge in [0.05, 0.1) is 11.6 Å². The second kappa shape index (κ2) is 5.73. The number of rotatable bonds is 4. The molecule has 2 aromatic heterocycles. The maximum Gasteiger partial charge on any atom is 0.368 e. The molecule has 3 aromatic rings. The van der Waals surface area contributed by atoms with Crippen LogP contribution in [-0.2, 0) is 6.54 Å². The molecule has 23 heavy (non-hydrogen) atoms. The maximum absolute atomic E-state index is 11.0. The van der Waals surface area contributed by atoms with Gasteiger partial charge >= 0.3 is 5.82 Å². The molecule has 8 nitrogen and oxygen atoms in total. The van der Waals surface area contributed by atoms with Crippen molar-refractivity contribution in [1.29, 1.82) is 5.26 Å². The smallest absolute Gasteiger partial charge is 0.358 e. The summed E-state index contributed by atoms with van der Waals surface area (Å²) in [5.41, 5.74) is 2.03. The third-order valence-electron chi connectivity index (χ3n) is 3.41. The van der Waals surface area contributed by atoms with Crippen molar-refractivity contribution in [2.45, 2.75) is 6.54 Å². The summed E-state index contributed by atoms with van der Waals surface area (Å²) in [7, 11) is 1.84. The molecule has 1 aromatic carbocycles. The number of nitrogens with zero attached hydrogens (tertiary/aromatic N) is 6. The zero-order valence-corrected chi connectivity index (χ0v) is 12.2. The lowest BCUT2D eigenvalue weighted by atomic mass is 10.1. The molecule has 0 unspecified atom stereocenters. The Morgan fingerprint density at radius 3 is 2.70 bits per heavy atom. The van der Waals surface area contributed by atoms with Gasteiger partial charge in [0, 0.05) is 19.7 Å². The molecular weight excluding hydrogens is 296 g/mol. The number of imidazole rings is 1. The third kappa shape index (κ3) is 2.80. The van der Waals surface area contributed by atoms with Crippen LogP contribution in [0.15, 0.2) is 42.6 Å². The summed E-state index contributed by atoms with van der Waals surface area (Å²) in [6.45, 7) is 0.562. The van der Waals surface area contributed by atoms with Gasteiger partial charge in [0.1, 0.15) is 6.20 Å². The lowest BCUT2D eigenvalue weighted by Crippen LogP contribution is -2.18. The summed E-state index contributed by atoms with van der Waals surface area (Å²) >= 11 is 0. The number of hydrogen-bond acceptors (Lipinski definition) is 6. The summed E-state index contributed by atoms with van der Waals surface area (Å²) < 4.78 is 1.21. The summed E-state index contributed by atoms with van der Waals surface area (Å²) in [5.74, 6) is 0.414. The van der Waals surface area contributed by atoms with Gasteiger partial charge in [-0.1, -0.05) is 21.7 Å². The van der Waals surface area contributed by atoms with E-state index in [-0.39, 0.29) is 5.82 Å². The molecule has 0 fully saturated rings. The van der Waals surface area contributed by atoms with Crippen LogP contribution in [0.3, 0.4) is 0 Å². The van der Waals surface area contributed by atoms with E-state index in [1.165, 1.54) is 10.7 Å². The van der Waals surface area contributed by atoms with Crippen molar-refractivity contribution in [1.82, 2.24) is 14.6 Å². The van der Waals surface area contributed by atoms with E-state index in [2.05, 4.69) is 16.2 Å². The second-order valence-electron chi connectivity index (χ2n) is 5.00. The van der Waals surface area contributed by atoms with E-state index in [1.807, 2.05) is 24.1 Å². The van der Waals surface area contributed by atoms with Gasteiger partial charge in [0.15, 0.2) is 5.82 Å². The van der Waals surface area contributed by atoms with Crippen LogP contribution < -0.4 is 4.90 Å². The molecule has 0 saturated carbocycles. The molecule has 0 radical (unpaired) electrons. The van der Waals surface area contributed by atoms with Crippen LogP contribution in [-0.4, -0.2) is 26.6 Å².